The Bertz CT molecular complexity index is 495. The highest BCUT2D eigenvalue weighted by Gasteiger charge is 2.12. The lowest BCUT2D eigenvalue weighted by molar-refractivity contribution is 0.0988. The molecule has 0 aliphatic heterocycles. The van der Waals surface area contributed by atoms with E-state index in [9.17, 15) is 9.59 Å². The number of rotatable bonds is 9. The molecule has 1 aromatic rings. The van der Waals surface area contributed by atoms with Crippen molar-refractivity contribution in [2.45, 2.75) is 46.6 Å². The van der Waals surface area contributed by atoms with E-state index in [-0.39, 0.29) is 11.6 Å². The Morgan fingerprint density at radius 1 is 1.29 bits per heavy atom. The maximum Gasteiger partial charge on any atom is 0.163 e. The highest BCUT2D eigenvalue weighted by molar-refractivity contribution is 6.02. The zero-order valence-electron chi connectivity index (χ0n) is 13.4. The van der Waals surface area contributed by atoms with Crippen molar-refractivity contribution in [3.63, 3.8) is 0 Å². The minimum absolute atomic E-state index is 0.0326. The molecular formula is C17H25NO3. The second-order valence-electron chi connectivity index (χ2n) is 5.35. The molecule has 0 bridgehead atoms. The zero-order chi connectivity index (χ0) is 15.8. The number of ketones is 2. The van der Waals surface area contributed by atoms with Crippen LogP contribution < -0.4 is 10.1 Å². The van der Waals surface area contributed by atoms with Crippen molar-refractivity contribution in [1.29, 1.82) is 0 Å². The van der Waals surface area contributed by atoms with E-state index < -0.39 is 0 Å². The summed E-state index contributed by atoms with van der Waals surface area (Å²) in [5.41, 5.74) is 1.04. The monoisotopic (exact) mass is 291 g/mol. The van der Waals surface area contributed by atoms with E-state index >= 15 is 0 Å². The average Bonchev–Trinajstić information content (AvgIpc) is 2.45. The average molecular weight is 291 g/mol. The van der Waals surface area contributed by atoms with Gasteiger partial charge in [0, 0.05) is 18.0 Å². The second kappa shape index (κ2) is 8.57. The molecule has 0 spiro atoms. The molecule has 0 aromatic heterocycles. The number of carbonyl (C=O) groups is 2. The SMILES string of the molecule is CCC(=O)c1ccc(OCCCNC(C)C)c(C(C)=O)c1. The molecule has 4 heteroatoms. The lowest BCUT2D eigenvalue weighted by atomic mass is 10.0. The van der Waals surface area contributed by atoms with Gasteiger partial charge in [-0.15, -0.1) is 0 Å². The molecular weight excluding hydrogens is 266 g/mol. The Hall–Kier alpha value is -1.68. The van der Waals surface area contributed by atoms with E-state index in [2.05, 4.69) is 19.2 Å². The Balaban J connectivity index is 2.69. The molecule has 1 N–H and O–H groups in total. The van der Waals surface area contributed by atoms with Crippen LogP contribution in [0, 0.1) is 0 Å². The van der Waals surface area contributed by atoms with Crippen LogP contribution in [-0.2, 0) is 0 Å². The molecule has 1 rings (SSSR count). The van der Waals surface area contributed by atoms with Crippen LogP contribution in [-0.4, -0.2) is 30.8 Å². The van der Waals surface area contributed by atoms with Gasteiger partial charge in [0.2, 0.25) is 0 Å². The summed E-state index contributed by atoms with van der Waals surface area (Å²) in [6.07, 6.45) is 1.30. The molecule has 1 aromatic carbocycles. The molecule has 0 saturated carbocycles. The van der Waals surface area contributed by atoms with Crippen molar-refractivity contribution in [3.8, 4) is 5.75 Å². The van der Waals surface area contributed by atoms with Crippen molar-refractivity contribution in [1.82, 2.24) is 5.32 Å². The first-order valence-electron chi connectivity index (χ1n) is 7.50. The molecule has 0 fully saturated rings. The Labute approximate surface area is 126 Å². The van der Waals surface area contributed by atoms with Crippen molar-refractivity contribution < 1.29 is 14.3 Å². The normalized spacial score (nSPS) is 10.7. The van der Waals surface area contributed by atoms with Gasteiger partial charge in [-0.1, -0.05) is 20.8 Å². The van der Waals surface area contributed by atoms with Gasteiger partial charge < -0.3 is 10.1 Å². The summed E-state index contributed by atoms with van der Waals surface area (Å²) in [6.45, 7) is 8.90. The zero-order valence-corrected chi connectivity index (χ0v) is 13.4. The van der Waals surface area contributed by atoms with Gasteiger partial charge in [0.05, 0.1) is 12.2 Å². The van der Waals surface area contributed by atoms with E-state index in [1.807, 2.05) is 6.92 Å². The summed E-state index contributed by atoms with van der Waals surface area (Å²) in [4.78, 5) is 23.4. The summed E-state index contributed by atoms with van der Waals surface area (Å²) >= 11 is 0. The van der Waals surface area contributed by atoms with Crippen molar-refractivity contribution in [2.24, 2.45) is 0 Å². The van der Waals surface area contributed by atoms with Crippen molar-refractivity contribution >= 4 is 11.6 Å². The number of carbonyl (C=O) groups excluding carboxylic acids is 2. The minimum atomic E-state index is -0.0870. The Morgan fingerprint density at radius 2 is 2.00 bits per heavy atom. The summed E-state index contributed by atoms with van der Waals surface area (Å²) in [5.74, 6) is 0.501. The minimum Gasteiger partial charge on any atom is -0.493 e. The molecule has 4 nitrogen and oxygen atoms in total. The van der Waals surface area contributed by atoms with E-state index in [1.165, 1.54) is 6.92 Å². The first-order chi connectivity index (χ1) is 9.95. The van der Waals surface area contributed by atoms with Crippen LogP contribution in [0.25, 0.3) is 0 Å². The number of ether oxygens (including phenoxy) is 1. The molecule has 0 atom stereocenters. The lowest BCUT2D eigenvalue weighted by Gasteiger charge is -2.12. The lowest BCUT2D eigenvalue weighted by Crippen LogP contribution is -2.24. The van der Waals surface area contributed by atoms with Crippen LogP contribution in [0.5, 0.6) is 5.75 Å². The van der Waals surface area contributed by atoms with Crippen LogP contribution in [0.1, 0.15) is 61.3 Å². The Kier molecular flexibility index (Phi) is 7.09. The third-order valence-electron chi connectivity index (χ3n) is 3.13. The van der Waals surface area contributed by atoms with Gasteiger partial charge in [-0.05, 0) is 38.1 Å². The molecule has 0 saturated heterocycles. The third kappa shape index (κ3) is 5.68. The van der Waals surface area contributed by atoms with Crippen LogP contribution in [0.3, 0.4) is 0 Å². The summed E-state index contributed by atoms with van der Waals surface area (Å²) in [5, 5.41) is 3.31. The predicted octanol–water partition coefficient (Wildman–Crippen LogP) is 3.25. The molecule has 21 heavy (non-hydrogen) atoms. The summed E-state index contributed by atoms with van der Waals surface area (Å²) < 4.78 is 5.68. The number of hydrogen-bond donors (Lipinski definition) is 1. The fraction of sp³-hybridized carbons (Fsp3) is 0.529. The van der Waals surface area contributed by atoms with E-state index in [4.69, 9.17) is 4.74 Å². The van der Waals surface area contributed by atoms with Crippen LogP contribution in [0.2, 0.25) is 0 Å². The Morgan fingerprint density at radius 3 is 2.57 bits per heavy atom. The quantitative estimate of drug-likeness (QED) is 0.560. The molecule has 0 unspecified atom stereocenters. The van der Waals surface area contributed by atoms with Gasteiger partial charge in [0.15, 0.2) is 11.6 Å². The fourth-order valence-corrected chi connectivity index (χ4v) is 1.95. The number of hydrogen-bond acceptors (Lipinski definition) is 4. The van der Waals surface area contributed by atoms with Crippen molar-refractivity contribution in [3.05, 3.63) is 29.3 Å². The van der Waals surface area contributed by atoms with E-state index in [0.717, 1.165) is 13.0 Å². The first kappa shape index (κ1) is 17.4. The summed E-state index contributed by atoms with van der Waals surface area (Å²) in [6, 6.07) is 5.53. The van der Waals surface area contributed by atoms with Crippen LogP contribution >= 0.6 is 0 Å². The number of Topliss-reactive ketones (excluding diaryl/α,β-unsaturated/α-hetero) is 2. The van der Waals surface area contributed by atoms with E-state index in [0.29, 0.717) is 35.9 Å². The molecule has 0 aliphatic carbocycles. The highest BCUT2D eigenvalue weighted by atomic mass is 16.5. The van der Waals surface area contributed by atoms with Gasteiger partial charge in [-0.2, -0.15) is 0 Å². The predicted molar refractivity (Wildman–Crippen MR) is 84.3 cm³/mol. The smallest absolute Gasteiger partial charge is 0.163 e. The van der Waals surface area contributed by atoms with Gasteiger partial charge in [0.25, 0.3) is 0 Å². The van der Waals surface area contributed by atoms with Gasteiger partial charge >= 0.3 is 0 Å². The maximum atomic E-state index is 11.7. The van der Waals surface area contributed by atoms with Crippen LogP contribution in [0.15, 0.2) is 18.2 Å². The van der Waals surface area contributed by atoms with E-state index in [1.54, 1.807) is 18.2 Å². The summed E-state index contributed by atoms with van der Waals surface area (Å²) in [7, 11) is 0. The topological polar surface area (TPSA) is 55.4 Å². The van der Waals surface area contributed by atoms with Gasteiger partial charge in [-0.3, -0.25) is 9.59 Å². The molecule has 0 heterocycles. The molecule has 0 aliphatic rings. The second-order valence-corrected chi connectivity index (χ2v) is 5.35. The number of nitrogens with one attached hydrogen (secondary N) is 1. The molecule has 0 radical (unpaired) electrons. The largest absolute Gasteiger partial charge is 0.493 e. The molecule has 0 amide bonds. The first-order valence-corrected chi connectivity index (χ1v) is 7.50. The van der Waals surface area contributed by atoms with Crippen molar-refractivity contribution in [2.75, 3.05) is 13.2 Å². The fourth-order valence-electron chi connectivity index (χ4n) is 1.95. The highest BCUT2D eigenvalue weighted by Crippen LogP contribution is 2.22. The van der Waals surface area contributed by atoms with Gasteiger partial charge in [-0.25, -0.2) is 0 Å². The number of benzene rings is 1. The standard InChI is InChI=1S/C17H25NO3/c1-5-16(20)14-7-8-17(15(11-14)13(4)19)21-10-6-9-18-12(2)3/h7-8,11-12,18H,5-6,9-10H2,1-4H3. The van der Waals surface area contributed by atoms with Gasteiger partial charge in [0.1, 0.15) is 5.75 Å². The van der Waals surface area contributed by atoms with Crippen LogP contribution in [0.4, 0.5) is 0 Å². The molecule has 116 valence electrons. The maximum absolute atomic E-state index is 11.7. The third-order valence-corrected chi connectivity index (χ3v) is 3.13.